The summed E-state index contributed by atoms with van der Waals surface area (Å²) in [5.74, 6) is 0.143. The van der Waals surface area contributed by atoms with Crippen LogP contribution in [0.1, 0.15) is 167 Å². The van der Waals surface area contributed by atoms with Gasteiger partial charge in [0.15, 0.2) is 5.96 Å². The lowest BCUT2D eigenvalue weighted by Gasteiger charge is -2.28. The van der Waals surface area contributed by atoms with Crippen molar-refractivity contribution in [2.24, 2.45) is 10.7 Å². The molecule has 0 aromatic heterocycles. The summed E-state index contributed by atoms with van der Waals surface area (Å²) in [7, 11) is 0. The van der Waals surface area contributed by atoms with Gasteiger partial charge >= 0.3 is 6.03 Å². The molecule has 3 aliphatic heterocycles. The van der Waals surface area contributed by atoms with Crippen molar-refractivity contribution < 1.29 is 19.2 Å². The van der Waals surface area contributed by atoms with E-state index in [1.54, 1.807) is 0 Å². The maximum Gasteiger partial charge on any atom is 0.325 e. The van der Waals surface area contributed by atoms with Crippen LogP contribution < -0.4 is 16.4 Å². The predicted molar refractivity (Wildman–Crippen MR) is 202 cm³/mol. The molecule has 11 nitrogen and oxygen atoms in total. The topological polar surface area (TPSA) is 140 Å². The molecule has 0 unspecified atom stereocenters. The van der Waals surface area contributed by atoms with E-state index < -0.39 is 24.0 Å². The van der Waals surface area contributed by atoms with E-state index in [1.165, 1.54) is 103 Å². The second-order valence-electron chi connectivity index (χ2n) is 14.9. The number of likely N-dealkylation sites (tertiary alicyclic amines) is 2. The Morgan fingerprint density at radius 3 is 1.84 bits per heavy atom. The second-order valence-corrected chi connectivity index (χ2v) is 14.9. The lowest BCUT2D eigenvalue weighted by atomic mass is 10.0. The number of nitrogens with zero attached hydrogens (tertiary/aromatic N) is 4. The summed E-state index contributed by atoms with van der Waals surface area (Å²) in [6.45, 7) is 7.69. The van der Waals surface area contributed by atoms with Gasteiger partial charge in [0.2, 0.25) is 11.8 Å². The molecule has 5 amide bonds. The van der Waals surface area contributed by atoms with Gasteiger partial charge in [-0.05, 0) is 70.6 Å². The van der Waals surface area contributed by atoms with E-state index in [0.29, 0.717) is 45.2 Å². The van der Waals surface area contributed by atoms with E-state index in [9.17, 15) is 19.2 Å². The monoisotopic (exact) mass is 702 g/mol. The van der Waals surface area contributed by atoms with E-state index in [-0.39, 0.29) is 11.8 Å². The van der Waals surface area contributed by atoms with Crippen molar-refractivity contribution in [2.45, 2.75) is 180 Å². The number of nitrogens with two attached hydrogens (primary N) is 1. The highest BCUT2D eigenvalue weighted by Crippen LogP contribution is 2.20. The highest BCUT2D eigenvalue weighted by atomic mass is 16.2. The Hall–Kier alpha value is -2.85. The molecule has 0 aliphatic carbocycles. The number of urea groups is 1. The molecular weight excluding hydrogens is 630 g/mol. The Morgan fingerprint density at radius 2 is 1.30 bits per heavy atom. The molecule has 50 heavy (non-hydrogen) atoms. The van der Waals surface area contributed by atoms with Crippen molar-refractivity contribution >= 4 is 29.7 Å². The Bertz CT molecular complexity index is 1010. The third-order valence-electron chi connectivity index (χ3n) is 10.6. The van der Waals surface area contributed by atoms with Crippen LogP contribution in [-0.4, -0.2) is 95.8 Å². The van der Waals surface area contributed by atoms with Crippen molar-refractivity contribution in [1.82, 2.24) is 25.3 Å². The quantitative estimate of drug-likeness (QED) is 0.0380. The Morgan fingerprint density at radius 1 is 0.760 bits per heavy atom. The smallest absolute Gasteiger partial charge is 0.325 e. The number of aliphatic imine (C=N–C) groups is 1. The summed E-state index contributed by atoms with van der Waals surface area (Å²) < 4.78 is 0. The number of carbonyl (C=O) groups is 4. The predicted octanol–water partition coefficient (Wildman–Crippen LogP) is 6.64. The zero-order valence-corrected chi connectivity index (χ0v) is 31.6. The number of amides is 5. The number of hydrogen-bond acceptors (Lipinski definition) is 5. The molecule has 286 valence electrons. The molecule has 0 aromatic rings. The summed E-state index contributed by atoms with van der Waals surface area (Å²) >= 11 is 0. The molecular formula is C39H71N7O4. The molecule has 3 heterocycles. The van der Waals surface area contributed by atoms with Gasteiger partial charge in [-0.1, -0.05) is 90.4 Å². The fourth-order valence-corrected chi connectivity index (χ4v) is 7.57. The van der Waals surface area contributed by atoms with Crippen molar-refractivity contribution in [2.75, 3.05) is 39.3 Å². The number of hydrogen-bond donors (Lipinski definition) is 3. The van der Waals surface area contributed by atoms with Gasteiger partial charge in [0.05, 0.1) is 0 Å². The Labute approximate surface area is 303 Å². The lowest BCUT2D eigenvalue weighted by molar-refractivity contribution is -0.135. The standard InChI is InChI=1S/C39H71N7O4/c1-2-3-4-5-6-7-8-9-10-11-12-13-14-15-26-35(47)41-27-18-16-24-33-37(49)46(39(50)43-33)34(36(40)48)25-17-19-28-42-38(44-29-20-21-30-44)45-31-22-23-32-45/h33-34H,2-32H2,1H3,(H2,40,48)(H,41,47)(H,43,50)/t33-,34-/m0/s1. The lowest BCUT2D eigenvalue weighted by Crippen LogP contribution is -2.48. The molecule has 4 N–H and O–H groups in total. The van der Waals surface area contributed by atoms with E-state index >= 15 is 0 Å². The number of imide groups is 1. The highest BCUT2D eigenvalue weighted by Gasteiger charge is 2.43. The maximum absolute atomic E-state index is 13.2. The van der Waals surface area contributed by atoms with Crippen LogP contribution in [0.3, 0.4) is 0 Å². The SMILES string of the molecule is CCCCCCCCCCCCCCCCC(=O)NCCCC[C@@H]1NC(=O)N([C@@H](CCCCN=C(N2CCCC2)N2CCCC2)C(N)=O)C1=O. The normalized spacial score (nSPS) is 18.2. The summed E-state index contributed by atoms with van der Waals surface area (Å²) in [5, 5.41) is 5.74. The van der Waals surface area contributed by atoms with Crippen molar-refractivity contribution in [3.63, 3.8) is 0 Å². The largest absolute Gasteiger partial charge is 0.368 e. The highest BCUT2D eigenvalue weighted by molar-refractivity contribution is 6.07. The van der Waals surface area contributed by atoms with Crippen LogP contribution >= 0.6 is 0 Å². The Kier molecular flexibility index (Phi) is 20.9. The molecule has 11 heteroatoms. The first-order valence-electron chi connectivity index (χ1n) is 20.7. The van der Waals surface area contributed by atoms with Crippen LogP contribution in [0.25, 0.3) is 0 Å². The number of nitrogens with one attached hydrogen (secondary N) is 2. The van der Waals surface area contributed by atoms with Gasteiger partial charge < -0.3 is 26.2 Å². The first-order valence-corrected chi connectivity index (χ1v) is 20.7. The molecule has 2 atom stereocenters. The Balaban J connectivity index is 1.21. The number of rotatable bonds is 27. The molecule has 0 spiro atoms. The van der Waals surface area contributed by atoms with Gasteiger partial charge in [-0.3, -0.25) is 19.4 Å². The number of unbranched alkanes of at least 4 members (excludes halogenated alkanes) is 15. The summed E-state index contributed by atoms with van der Waals surface area (Å²) in [6.07, 6.45) is 27.1. The van der Waals surface area contributed by atoms with Crippen LogP contribution in [0.5, 0.6) is 0 Å². The van der Waals surface area contributed by atoms with Crippen LogP contribution in [-0.2, 0) is 14.4 Å². The van der Waals surface area contributed by atoms with E-state index in [4.69, 9.17) is 10.7 Å². The van der Waals surface area contributed by atoms with E-state index in [1.807, 2.05) is 0 Å². The number of guanidine groups is 1. The third kappa shape index (κ3) is 15.6. The number of primary amides is 1. The van der Waals surface area contributed by atoms with Crippen molar-refractivity contribution in [3.8, 4) is 0 Å². The van der Waals surface area contributed by atoms with Crippen LogP contribution in [0.4, 0.5) is 4.79 Å². The average molecular weight is 702 g/mol. The minimum Gasteiger partial charge on any atom is -0.368 e. The number of carbonyl (C=O) groups excluding carboxylic acids is 4. The van der Waals surface area contributed by atoms with Crippen LogP contribution in [0.2, 0.25) is 0 Å². The molecule has 3 fully saturated rings. The van der Waals surface area contributed by atoms with Gasteiger partial charge in [0, 0.05) is 45.7 Å². The van der Waals surface area contributed by atoms with Crippen molar-refractivity contribution in [3.05, 3.63) is 0 Å². The molecule has 0 radical (unpaired) electrons. The van der Waals surface area contributed by atoms with E-state index in [2.05, 4.69) is 27.4 Å². The molecule has 3 rings (SSSR count). The molecule has 0 bridgehead atoms. The zero-order chi connectivity index (χ0) is 35.8. The minimum absolute atomic E-state index is 0.0821. The molecule has 0 saturated carbocycles. The summed E-state index contributed by atoms with van der Waals surface area (Å²) in [6, 6.07) is -2.17. The first kappa shape index (κ1) is 41.6. The maximum atomic E-state index is 13.2. The molecule has 3 aliphatic rings. The average Bonchev–Trinajstić information content (AvgIpc) is 3.88. The van der Waals surface area contributed by atoms with Gasteiger partial charge in [-0.15, -0.1) is 0 Å². The van der Waals surface area contributed by atoms with E-state index in [0.717, 1.165) is 62.7 Å². The zero-order valence-electron chi connectivity index (χ0n) is 31.6. The summed E-state index contributed by atoms with van der Waals surface area (Å²) in [4.78, 5) is 61.3. The van der Waals surface area contributed by atoms with Gasteiger partial charge in [0.1, 0.15) is 12.1 Å². The minimum atomic E-state index is -0.956. The van der Waals surface area contributed by atoms with Crippen molar-refractivity contribution in [1.29, 1.82) is 0 Å². The summed E-state index contributed by atoms with van der Waals surface area (Å²) in [5.41, 5.74) is 5.69. The molecule has 3 saturated heterocycles. The van der Waals surface area contributed by atoms with Gasteiger partial charge in [-0.25, -0.2) is 9.69 Å². The van der Waals surface area contributed by atoms with Gasteiger partial charge in [0.25, 0.3) is 5.91 Å². The third-order valence-corrected chi connectivity index (χ3v) is 10.6. The van der Waals surface area contributed by atoms with Gasteiger partial charge in [-0.2, -0.15) is 0 Å². The fourth-order valence-electron chi connectivity index (χ4n) is 7.57. The molecule has 0 aromatic carbocycles. The van der Waals surface area contributed by atoms with Crippen LogP contribution in [0, 0.1) is 0 Å². The fraction of sp³-hybridized carbons (Fsp3) is 0.872. The van der Waals surface area contributed by atoms with Crippen LogP contribution in [0.15, 0.2) is 4.99 Å². The first-order chi connectivity index (χ1) is 24.4. The second kappa shape index (κ2) is 25.2.